The molecule has 20 heavy (non-hydrogen) atoms. The molecule has 106 valence electrons. The lowest BCUT2D eigenvalue weighted by Gasteiger charge is -2.18. The minimum absolute atomic E-state index is 0.314. The van der Waals surface area contributed by atoms with Crippen LogP contribution in [0.3, 0.4) is 0 Å². The highest BCUT2D eigenvalue weighted by atomic mass is 32.2. The summed E-state index contributed by atoms with van der Waals surface area (Å²) in [6.45, 7) is 5.62. The first-order valence-corrected chi connectivity index (χ1v) is 6.94. The van der Waals surface area contributed by atoms with Gasteiger partial charge in [-0.3, -0.25) is 9.78 Å². The summed E-state index contributed by atoms with van der Waals surface area (Å²) in [7, 11) is 0. The number of nitrogens with zero attached hydrogens (tertiary/aromatic N) is 3. The van der Waals surface area contributed by atoms with Gasteiger partial charge in [0.15, 0.2) is 0 Å². The number of pyridine rings is 1. The second kappa shape index (κ2) is 6.04. The molecule has 0 N–H and O–H groups in total. The predicted octanol–water partition coefficient (Wildman–Crippen LogP) is 2.57. The number of thioether (sulfide) groups is 1. The van der Waals surface area contributed by atoms with Crippen molar-refractivity contribution in [2.75, 3.05) is 6.61 Å². The number of ether oxygens (including phenoxy) is 1. The van der Waals surface area contributed by atoms with E-state index in [9.17, 15) is 4.79 Å². The standard InChI is InChI=1S/C13H15N3O3S/c1-4-18-11(17)13(2,3)20-12-16-15-10(19-12)9-6-5-7-14-8-9/h5-8H,4H2,1-3H3. The van der Waals surface area contributed by atoms with Crippen molar-refractivity contribution >= 4 is 17.7 Å². The van der Waals surface area contributed by atoms with Crippen molar-refractivity contribution in [1.29, 1.82) is 0 Å². The van der Waals surface area contributed by atoms with Gasteiger partial charge in [-0.1, -0.05) is 0 Å². The molecular formula is C13H15N3O3S. The highest BCUT2D eigenvalue weighted by Gasteiger charge is 2.33. The third-order valence-electron chi connectivity index (χ3n) is 2.42. The first-order valence-electron chi connectivity index (χ1n) is 6.13. The maximum absolute atomic E-state index is 11.8. The van der Waals surface area contributed by atoms with Gasteiger partial charge in [0, 0.05) is 12.4 Å². The van der Waals surface area contributed by atoms with E-state index in [1.165, 1.54) is 11.8 Å². The maximum Gasteiger partial charge on any atom is 0.322 e. The summed E-state index contributed by atoms with van der Waals surface area (Å²) < 4.78 is 9.75. The monoisotopic (exact) mass is 293 g/mol. The van der Waals surface area contributed by atoms with Gasteiger partial charge in [-0.2, -0.15) is 0 Å². The van der Waals surface area contributed by atoms with E-state index in [1.807, 2.05) is 6.07 Å². The van der Waals surface area contributed by atoms with Crippen LogP contribution in [0.15, 0.2) is 34.2 Å². The third-order valence-corrected chi connectivity index (χ3v) is 3.44. The molecule has 0 unspecified atom stereocenters. The van der Waals surface area contributed by atoms with Crippen molar-refractivity contribution in [2.45, 2.75) is 30.7 Å². The number of carbonyl (C=O) groups excluding carboxylic acids is 1. The SMILES string of the molecule is CCOC(=O)C(C)(C)Sc1nnc(-c2cccnc2)o1. The highest BCUT2D eigenvalue weighted by molar-refractivity contribution is 8.01. The fourth-order valence-corrected chi connectivity index (χ4v) is 2.20. The predicted molar refractivity (Wildman–Crippen MR) is 74.1 cm³/mol. The minimum atomic E-state index is -0.783. The van der Waals surface area contributed by atoms with E-state index in [0.717, 1.165) is 5.56 Å². The number of esters is 1. The van der Waals surface area contributed by atoms with Gasteiger partial charge in [0.2, 0.25) is 5.89 Å². The molecule has 0 saturated heterocycles. The molecule has 0 radical (unpaired) electrons. The lowest BCUT2D eigenvalue weighted by Crippen LogP contribution is -2.29. The zero-order valence-corrected chi connectivity index (χ0v) is 12.3. The van der Waals surface area contributed by atoms with Gasteiger partial charge in [-0.15, -0.1) is 10.2 Å². The van der Waals surface area contributed by atoms with Gasteiger partial charge in [-0.25, -0.2) is 0 Å². The van der Waals surface area contributed by atoms with Crippen LogP contribution in [0.2, 0.25) is 0 Å². The van der Waals surface area contributed by atoms with Crippen LogP contribution < -0.4 is 0 Å². The molecule has 2 aromatic heterocycles. The van der Waals surface area contributed by atoms with Crippen LogP contribution in [0.25, 0.3) is 11.5 Å². The zero-order chi connectivity index (χ0) is 14.6. The van der Waals surface area contributed by atoms with Gasteiger partial charge in [0.25, 0.3) is 5.22 Å². The molecule has 0 atom stereocenters. The average molecular weight is 293 g/mol. The Morgan fingerprint density at radius 1 is 1.45 bits per heavy atom. The van der Waals surface area contributed by atoms with Crippen LogP contribution in [0.5, 0.6) is 0 Å². The second-order valence-corrected chi connectivity index (χ2v) is 6.02. The van der Waals surface area contributed by atoms with Gasteiger partial charge >= 0.3 is 5.97 Å². The molecule has 0 aromatic carbocycles. The molecule has 2 rings (SSSR count). The quantitative estimate of drug-likeness (QED) is 0.619. The summed E-state index contributed by atoms with van der Waals surface area (Å²) in [5, 5.41) is 8.20. The van der Waals surface area contributed by atoms with Crippen LogP contribution >= 0.6 is 11.8 Å². The number of hydrogen-bond acceptors (Lipinski definition) is 7. The number of hydrogen-bond donors (Lipinski definition) is 0. The normalized spacial score (nSPS) is 11.3. The molecule has 2 heterocycles. The smallest absolute Gasteiger partial charge is 0.322 e. The Morgan fingerprint density at radius 3 is 2.90 bits per heavy atom. The van der Waals surface area contributed by atoms with E-state index in [0.29, 0.717) is 17.7 Å². The third kappa shape index (κ3) is 3.36. The molecule has 0 aliphatic rings. The largest absolute Gasteiger partial charge is 0.465 e. The summed E-state index contributed by atoms with van der Waals surface area (Å²) in [6, 6.07) is 3.61. The fraction of sp³-hybridized carbons (Fsp3) is 0.385. The summed E-state index contributed by atoms with van der Waals surface area (Å²) in [6.07, 6.45) is 3.30. The van der Waals surface area contributed by atoms with Gasteiger partial charge in [-0.05, 0) is 44.7 Å². The zero-order valence-electron chi connectivity index (χ0n) is 11.5. The molecule has 6 nitrogen and oxygen atoms in total. The Morgan fingerprint density at radius 2 is 2.25 bits per heavy atom. The van der Waals surface area contributed by atoms with Crippen LogP contribution in [0.1, 0.15) is 20.8 Å². The van der Waals surface area contributed by atoms with Gasteiger partial charge in [0.05, 0.1) is 12.2 Å². The fourth-order valence-electron chi connectivity index (χ4n) is 1.42. The molecule has 0 bridgehead atoms. The molecule has 7 heteroatoms. The number of aromatic nitrogens is 3. The average Bonchev–Trinajstić information content (AvgIpc) is 2.88. The summed E-state index contributed by atoms with van der Waals surface area (Å²) >= 11 is 1.17. The van der Waals surface area contributed by atoms with Crippen LogP contribution in [-0.4, -0.2) is 32.5 Å². The molecular weight excluding hydrogens is 278 g/mol. The minimum Gasteiger partial charge on any atom is -0.465 e. The molecule has 0 spiro atoms. The molecule has 0 saturated carbocycles. The van der Waals surface area contributed by atoms with Crippen molar-refractivity contribution < 1.29 is 13.9 Å². The number of rotatable bonds is 5. The van der Waals surface area contributed by atoms with Gasteiger partial charge in [0.1, 0.15) is 4.75 Å². The van der Waals surface area contributed by atoms with Crippen LogP contribution in [-0.2, 0) is 9.53 Å². The van der Waals surface area contributed by atoms with Crippen molar-refractivity contribution in [1.82, 2.24) is 15.2 Å². The first kappa shape index (κ1) is 14.5. The molecule has 0 aliphatic carbocycles. The molecule has 0 aliphatic heterocycles. The van der Waals surface area contributed by atoms with Gasteiger partial charge < -0.3 is 9.15 Å². The Balaban J connectivity index is 2.12. The highest BCUT2D eigenvalue weighted by Crippen LogP contribution is 2.33. The van der Waals surface area contributed by atoms with E-state index in [4.69, 9.17) is 9.15 Å². The Kier molecular flexibility index (Phi) is 4.39. The van der Waals surface area contributed by atoms with Crippen molar-refractivity contribution in [2.24, 2.45) is 0 Å². The lowest BCUT2D eigenvalue weighted by atomic mass is 10.2. The molecule has 0 fully saturated rings. The summed E-state index contributed by atoms with van der Waals surface area (Å²) in [5.41, 5.74) is 0.737. The van der Waals surface area contributed by atoms with Crippen molar-refractivity contribution in [3.05, 3.63) is 24.5 Å². The van der Waals surface area contributed by atoms with Crippen LogP contribution in [0.4, 0.5) is 0 Å². The topological polar surface area (TPSA) is 78.1 Å². The lowest BCUT2D eigenvalue weighted by molar-refractivity contribution is -0.145. The number of carbonyl (C=O) groups is 1. The van der Waals surface area contributed by atoms with E-state index in [-0.39, 0.29) is 5.97 Å². The maximum atomic E-state index is 11.8. The Labute approximate surface area is 120 Å². The second-order valence-electron chi connectivity index (χ2n) is 4.45. The van der Waals surface area contributed by atoms with Crippen molar-refractivity contribution in [3.63, 3.8) is 0 Å². The van der Waals surface area contributed by atoms with Crippen LogP contribution in [0, 0.1) is 0 Å². The van der Waals surface area contributed by atoms with E-state index in [2.05, 4.69) is 15.2 Å². The van der Waals surface area contributed by atoms with E-state index < -0.39 is 4.75 Å². The van der Waals surface area contributed by atoms with E-state index in [1.54, 1.807) is 39.2 Å². The Hall–Kier alpha value is -1.89. The Bertz CT molecular complexity index is 584. The van der Waals surface area contributed by atoms with Crippen molar-refractivity contribution in [3.8, 4) is 11.5 Å². The molecule has 2 aromatic rings. The van der Waals surface area contributed by atoms with E-state index >= 15 is 0 Å². The molecule has 0 amide bonds. The summed E-state index contributed by atoms with van der Waals surface area (Å²) in [4.78, 5) is 15.8. The first-order chi connectivity index (χ1) is 9.53. The summed E-state index contributed by atoms with van der Waals surface area (Å²) in [5.74, 6) is 0.0615.